The molecule has 0 aliphatic carbocycles. The van der Waals surface area contributed by atoms with Gasteiger partial charge in [-0.2, -0.15) is 0 Å². The Bertz CT molecular complexity index is 231. The maximum atomic E-state index is 10.0. The molecule has 1 rings (SSSR count). The monoisotopic (exact) mass is 163 g/mol. The lowest BCUT2D eigenvalue weighted by Gasteiger charge is -2.10. The molecular weight excluding hydrogens is 152 g/mol. The number of carbonyl (C=O) groups excluding carboxylic acids is 1. The molecule has 0 bridgehead atoms. The lowest BCUT2D eigenvalue weighted by molar-refractivity contribution is 0.228. The summed E-state index contributed by atoms with van der Waals surface area (Å²) in [5.41, 5.74) is 0. The van der Waals surface area contributed by atoms with E-state index in [2.05, 4.69) is 0 Å². The van der Waals surface area contributed by atoms with Crippen LogP contribution in [0.3, 0.4) is 0 Å². The van der Waals surface area contributed by atoms with Crippen molar-refractivity contribution in [2.24, 2.45) is 0 Å². The largest absolute Gasteiger partial charge is 0.490 e. The van der Waals surface area contributed by atoms with Gasteiger partial charge >= 0.3 is 0 Å². The van der Waals surface area contributed by atoms with E-state index in [4.69, 9.17) is 4.74 Å². The second kappa shape index (κ2) is 4.54. The summed E-state index contributed by atoms with van der Waals surface area (Å²) in [6.07, 6.45) is 2.03. The van der Waals surface area contributed by atoms with Crippen LogP contribution in [0.4, 0.5) is 0 Å². The Kier molecular flexibility index (Phi) is 3.33. The molecule has 12 heavy (non-hydrogen) atoms. The third kappa shape index (κ3) is 2.74. The first-order valence-electron chi connectivity index (χ1n) is 3.89. The van der Waals surface area contributed by atoms with Crippen LogP contribution in [0.15, 0.2) is 30.3 Å². The van der Waals surface area contributed by atoms with Gasteiger partial charge in [0.05, 0.1) is 6.42 Å². The number of para-hydroxylation sites is 1. The van der Waals surface area contributed by atoms with Crippen LogP contribution in [-0.4, -0.2) is 12.4 Å². The summed E-state index contributed by atoms with van der Waals surface area (Å²) >= 11 is 0. The summed E-state index contributed by atoms with van der Waals surface area (Å²) in [5.74, 6) is 0.792. The molecule has 63 valence electrons. The molecule has 1 atom stereocenters. The van der Waals surface area contributed by atoms with Gasteiger partial charge in [0.2, 0.25) is 6.29 Å². The Balaban J connectivity index is 2.46. The zero-order valence-electron chi connectivity index (χ0n) is 6.99. The summed E-state index contributed by atoms with van der Waals surface area (Å²) < 4.78 is 5.39. The normalized spacial score (nSPS) is 12.1. The van der Waals surface area contributed by atoms with Crippen molar-refractivity contribution < 1.29 is 9.53 Å². The minimum Gasteiger partial charge on any atom is -0.490 e. The predicted molar refractivity (Wildman–Crippen MR) is 46.8 cm³/mol. The molecule has 0 heterocycles. The van der Waals surface area contributed by atoms with E-state index in [-0.39, 0.29) is 6.10 Å². The van der Waals surface area contributed by atoms with Gasteiger partial charge in [0.25, 0.3) is 0 Å². The highest BCUT2D eigenvalue weighted by Crippen LogP contribution is 2.11. The molecule has 0 saturated carbocycles. The standard InChI is InChI=1S/C10H11O2/c1-9(7-8-11)12-10-5-3-2-4-6-10/h2-6,9H,7H2,1H3. The maximum Gasteiger partial charge on any atom is 0.202 e. The molecule has 1 aromatic carbocycles. The molecular formula is C10H11O2. The zero-order chi connectivity index (χ0) is 8.81. The van der Waals surface area contributed by atoms with Gasteiger partial charge in [-0.25, -0.2) is 0 Å². The lowest BCUT2D eigenvalue weighted by atomic mass is 10.3. The first-order chi connectivity index (χ1) is 5.83. The molecule has 0 fully saturated rings. The summed E-state index contributed by atoms with van der Waals surface area (Å²) in [6, 6.07) is 9.44. The third-order valence-corrected chi connectivity index (χ3v) is 1.45. The van der Waals surface area contributed by atoms with Crippen molar-refractivity contribution in [1.29, 1.82) is 0 Å². The molecule has 0 aromatic heterocycles. The molecule has 1 radical (unpaired) electrons. The quantitative estimate of drug-likeness (QED) is 0.678. The number of hydrogen-bond acceptors (Lipinski definition) is 2. The first kappa shape index (κ1) is 8.78. The second-order valence-corrected chi connectivity index (χ2v) is 2.59. The van der Waals surface area contributed by atoms with Gasteiger partial charge in [-0.05, 0) is 19.1 Å². The van der Waals surface area contributed by atoms with Crippen LogP contribution in [0, 0.1) is 0 Å². The highest BCUT2D eigenvalue weighted by molar-refractivity contribution is 5.51. The number of hydrogen-bond donors (Lipinski definition) is 0. The van der Waals surface area contributed by atoms with Gasteiger partial charge in [0.1, 0.15) is 11.9 Å². The fourth-order valence-corrected chi connectivity index (χ4v) is 0.890. The Labute approximate surface area is 72.2 Å². The Morgan fingerprint density at radius 3 is 2.67 bits per heavy atom. The molecule has 0 amide bonds. The fourth-order valence-electron chi connectivity index (χ4n) is 0.890. The van der Waals surface area contributed by atoms with Crippen LogP contribution in [0.2, 0.25) is 0 Å². The van der Waals surface area contributed by atoms with Crippen LogP contribution >= 0.6 is 0 Å². The maximum absolute atomic E-state index is 10.0. The van der Waals surface area contributed by atoms with Gasteiger partial charge in [0.15, 0.2) is 0 Å². The molecule has 2 nitrogen and oxygen atoms in total. The van der Waals surface area contributed by atoms with Crippen molar-refractivity contribution in [2.75, 3.05) is 0 Å². The molecule has 0 aliphatic heterocycles. The number of benzene rings is 1. The average Bonchev–Trinajstić information content (AvgIpc) is 2.06. The van der Waals surface area contributed by atoms with Crippen LogP contribution < -0.4 is 4.74 Å². The molecule has 0 saturated heterocycles. The van der Waals surface area contributed by atoms with Gasteiger partial charge in [-0.1, -0.05) is 18.2 Å². The van der Waals surface area contributed by atoms with E-state index in [1.807, 2.05) is 43.5 Å². The highest BCUT2D eigenvalue weighted by atomic mass is 16.5. The Morgan fingerprint density at radius 2 is 2.08 bits per heavy atom. The SMILES string of the molecule is CC(C[C]=O)Oc1ccccc1. The fraction of sp³-hybridized carbons (Fsp3) is 0.300. The van der Waals surface area contributed by atoms with Gasteiger partial charge in [-0.15, -0.1) is 0 Å². The van der Waals surface area contributed by atoms with Crippen molar-refractivity contribution in [3.63, 3.8) is 0 Å². The van der Waals surface area contributed by atoms with E-state index >= 15 is 0 Å². The minimum absolute atomic E-state index is 0.0927. The second-order valence-electron chi connectivity index (χ2n) is 2.59. The lowest BCUT2D eigenvalue weighted by Crippen LogP contribution is -2.11. The van der Waals surface area contributed by atoms with E-state index in [1.165, 1.54) is 0 Å². The Morgan fingerprint density at radius 1 is 1.42 bits per heavy atom. The van der Waals surface area contributed by atoms with E-state index in [0.29, 0.717) is 6.42 Å². The molecule has 1 unspecified atom stereocenters. The smallest absolute Gasteiger partial charge is 0.202 e. The van der Waals surface area contributed by atoms with E-state index in [9.17, 15) is 4.79 Å². The first-order valence-corrected chi connectivity index (χ1v) is 3.89. The van der Waals surface area contributed by atoms with Crippen LogP contribution in [0.5, 0.6) is 5.75 Å². The summed E-state index contributed by atoms with van der Waals surface area (Å²) in [6.45, 7) is 1.85. The van der Waals surface area contributed by atoms with Crippen molar-refractivity contribution in [3.05, 3.63) is 30.3 Å². The van der Waals surface area contributed by atoms with E-state index in [0.717, 1.165) is 5.75 Å². The molecule has 0 aliphatic rings. The Hall–Kier alpha value is -1.31. The van der Waals surface area contributed by atoms with Crippen molar-refractivity contribution >= 4 is 6.29 Å². The minimum atomic E-state index is -0.0927. The molecule has 1 aromatic rings. The van der Waals surface area contributed by atoms with Gasteiger partial charge in [-0.3, -0.25) is 4.79 Å². The van der Waals surface area contributed by atoms with Crippen LogP contribution in [0.1, 0.15) is 13.3 Å². The average molecular weight is 163 g/mol. The summed E-state index contributed by atoms with van der Waals surface area (Å²) in [5, 5.41) is 0. The third-order valence-electron chi connectivity index (χ3n) is 1.45. The summed E-state index contributed by atoms with van der Waals surface area (Å²) in [7, 11) is 0. The van der Waals surface area contributed by atoms with Crippen LogP contribution in [-0.2, 0) is 4.79 Å². The molecule has 0 N–H and O–H groups in total. The molecule has 2 heteroatoms. The van der Waals surface area contributed by atoms with Gasteiger partial charge in [0, 0.05) is 0 Å². The number of ether oxygens (including phenoxy) is 1. The van der Waals surface area contributed by atoms with Crippen molar-refractivity contribution in [3.8, 4) is 5.75 Å². The predicted octanol–water partition coefficient (Wildman–Crippen LogP) is 1.95. The highest BCUT2D eigenvalue weighted by Gasteiger charge is 2.01. The van der Waals surface area contributed by atoms with Crippen molar-refractivity contribution in [1.82, 2.24) is 0 Å². The van der Waals surface area contributed by atoms with Crippen molar-refractivity contribution in [2.45, 2.75) is 19.4 Å². The van der Waals surface area contributed by atoms with E-state index in [1.54, 1.807) is 0 Å². The topological polar surface area (TPSA) is 26.3 Å². The van der Waals surface area contributed by atoms with Gasteiger partial charge < -0.3 is 4.74 Å². The van der Waals surface area contributed by atoms with Crippen LogP contribution in [0.25, 0.3) is 0 Å². The molecule has 0 spiro atoms. The zero-order valence-corrected chi connectivity index (χ0v) is 6.99. The summed E-state index contributed by atoms with van der Waals surface area (Å²) in [4.78, 5) is 10.0. The van der Waals surface area contributed by atoms with E-state index < -0.39 is 0 Å². The number of rotatable bonds is 4.